The SMILES string of the molecule is CSCC(C)N(C)C(=O)Cc1ccc(/C(N)=N/O)cc1. The minimum Gasteiger partial charge on any atom is -0.409 e. The molecule has 1 atom stereocenters. The van der Waals surface area contributed by atoms with Crippen LogP contribution in [0.4, 0.5) is 0 Å². The van der Waals surface area contributed by atoms with Gasteiger partial charge in [0, 0.05) is 24.4 Å². The lowest BCUT2D eigenvalue weighted by Crippen LogP contribution is -2.37. The number of benzene rings is 1. The van der Waals surface area contributed by atoms with Crippen molar-refractivity contribution in [3.05, 3.63) is 35.4 Å². The minimum absolute atomic E-state index is 0.0635. The van der Waals surface area contributed by atoms with E-state index in [1.54, 1.807) is 28.8 Å². The van der Waals surface area contributed by atoms with E-state index < -0.39 is 0 Å². The summed E-state index contributed by atoms with van der Waals surface area (Å²) in [5.41, 5.74) is 7.03. The highest BCUT2D eigenvalue weighted by atomic mass is 32.2. The van der Waals surface area contributed by atoms with Crippen molar-refractivity contribution in [2.75, 3.05) is 19.1 Å². The Labute approximate surface area is 123 Å². The largest absolute Gasteiger partial charge is 0.409 e. The summed E-state index contributed by atoms with van der Waals surface area (Å²) in [5, 5.41) is 11.5. The fraction of sp³-hybridized carbons (Fsp3) is 0.429. The topological polar surface area (TPSA) is 78.9 Å². The normalized spacial score (nSPS) is 13.1. The zero-order valence-electron chi connectivity index (χ0n) is 12.0. The Balaban J connectivity index is 2.67. The molecule has 3 N–H and O–H groups in total. The molecule has 0 bridgehead atoms. The van der Waals surface area contributed by atoms with Crippen molar-refractivity contribution in [3.63, 3.8) is 0 Å². The molecule has 6 heteroatoms. The molecule has 0 fully saturated rings. The zero-order chi connectivity index (χ0) is 15.1. The molecule has 1 aromatic carbocycles. The smallest absolute Gasteiger partial charge is 0.226 e. The molecule has 5 nitrogen and oxygen atoms in total. The zero-order valence-corrected chi connectivity index (χ0v) is 12.9. The molecule has 0 aliphatic carbocycles. The predicted octanol–water partition coefficient (Wildman–Crippen LogP) is 1.53. The first kappa shape index (κ1) is 16.4. The third-order valence-corrected chi connectivity index (χ3v) is 3.99. The van der Waals surface area contributed by atoms with Crippen LogP contribution in [0.3, 0.4) is 0 Å². The number of carbonyl (C=O) groups is 1. The average molecular weight is 295 g/mol. The maximum absolute atomic E-state index is 12.1. The van der Waals surface area contributed by atoms with E-state index in [9.17, 15) is 4.79 Å². The molecule has 1 aromatic rings. The van der Waals surface area contributed by atoms with Gasteiger partial charge in [-0.25, -0.2) is 0 Å². The molecule has 110 valence electrons. The highest BCUT2D eigenvalue weighted by molar-refractivity contribution is 7.98. The lowest BCUT2D eigenvalue weighted by molar-refractivity contribution is -0.130. The lowest BCUT2D eigenvalue weighted by Gasteiger charge is -2.24. The molecule has 0 saturated heterocycles. The maximum atomic E-state index is 12.1. The molecule has 0 radical (unpaired) electrons. The summed E-state index contributed by atoms with van der Waals surface area (Å²) < 4.78 is 0. The Kier molecular flexibility index (Phi) is 6.38. The monoisotopic (exact) mass is 295 g/mol. The number of hydrogen-bond donors (Lipinski definition) is 2. The first-order valence-corrected chi connectivity index (χ1v) is 7.70. The number of carbonyl (C=O) groups excluding carboxylic acids is 1. The molecule has 1 amide bonds. The van der Waals surface area contributed by atoms with Crippen molar-refractivity contribution in [1.29, 1.82) is 0 Å². The first-order valence-electron chi connectivity index (χ1n) is 6.31. The van der Waals surface area contributed by atoms with Crippen molar-refractivity contribution in [2.24, 2.45) is 10.9 Å². The number of nitrogens with two attached hydrogens (primary N) is 1. The van der Waals surface area contributed by atoms with Gasteiger partial charge in [-0.3, -0.25) is 4.79 Å². The molecule has 0 aliphatic rings. The number of likely N-dealkylation sites (N-methyl/N-ethyl adjacent to an activating group) is 1. The van der Waals surface area contributed by atoms with E-state index in [4.69, 9.17) is 10.9 Å². The summed E-state index contributed by atoms with van der Waals surface area (Å²) in [6.45, 7) is 2.04. The second-order valence-electron chi connectivity index (χ2n) is 4.67. The van der Waals surface area contributed by atoms with E-state index in [-0.39, 0.29) is 17.8 Å². The van der Waals surface area contributed by atoms with Gasteiger partial charge in [-0.05, 0) is 18.7 Å². The Bertz CT molecular complexity index is 474. The van der Waals surface area contributed by atoms with E-state index >= 15 is 0 Å². The van der Waals surface area contributed by atoms with Crippen LogP contribution in [0.2, 0.25) is 0 Å². The van der Waals surface area contributed by atoms with Crippen LogP contribution in [0, 0.1) is 0 Å². The van der Waals surface area contributed by atoms with Gasteiger partial charge in [0.25, 0.3) is 0 Å². The van der Waals surface area contributed by atoms with Gasteiger partial charge < -0.3 is 15.8 Å². The van der Waals surface area contributed by atoms with Crippen molar-refractivity contribution in [2.45, 2.75) is 19.4 Å². The van der Waals surface area contributed by atoms with Crippen LogP contribution >= 0.6 is 11.8 Å². The maximum Gasteiger partial charge on any atom is 0.226 e. The summed E-state index contributed by atoms with van der Waals surface area (Å²) in [6, 6.07) is 7.33. The van der Waals surface area contributed by atoms with E-state index in [0.29, 0.717) is 12.0 Å². The van der Waals surface area contributed by atoms with Gasteiger partial charge in [-0.15, -0.1) is 0 Å². The molecule has 1 unspecified atom stereocenters. The van der Waals surface area contributed by atoms with Crippen molar-refractivity contribution < 1.29 is 10.0 Å². The van der Waals surface area contributed by atoms with Gasteiger partial charge >= 0.3 is 0 Å². The van der Waals surface area contributed by atoms with Crippen LogP contribution in [0.25, 0.3) is 0 Å². The van der Waals surface area contributed by atoms with Crippen LogP contribution in [-0.4, -0.2) is 46.9 Å². The number of amides is 1. The fourth-order valence-electron chi connectivity index (χ4n) is 1.75. The Morgan fingerprint density at radius 3 is 2.55 bits per heavy atom. The van der Waals surface area contributed by atoms with Gasteiger partial charge in [0.05, 0.1) is 6.42 Å². The summed E-state index contributed by atoms with van der Waals surface area (Å²) >= 11 is 1.72. The van der Waals surface area contributed by atoms with Crippen LogP contribution in [0.5, 0.6) is 0 Å². The third-order valence-electron chi connectivity index (χ3n) is 3.18. The molecular formula is C14H21N3O2S. The number of oxime groups is 1. The number of nitrogens with zero attached hydrogens (tertiary/aromatic N) is 2. The molecule has 0 aliphatic heterocycles. The number of amidine groups is 1. The van der Waals surface area contributed by atoms with Crippen LogP contribution in [0.1, 0.15) is 18.1 Å². The van der Waals surface area contributed by atoms with Gasteiger partial charge in [-0.1, -0.05) is 29.4 Å². The third kappa shape index (κ3) is 4.45. The molecule has 1 rings (SSSR count). The van der Waals surface area contributed by atoms with E-state index in [0.717, 1.165) is 11.3 Å². The van der Waals surface area contributed by atoms with Crippen molar-refractivity contribution >= 4 is 23.5 Å². The number of thioether (sulfide) groups is 1. The van der Waals surface area contributed by atoms with Gasteiger partial charge in [0.1, 0.15) is 0 Å². The molecule has 0 saturated carbocycles. The number of rotatable bonds is 6. The average Bonchev–Trinajstić information content (AvgIpc) is 2.46. The van der Waals surface area contributed by atoms with E-state index in [1.165, 1.54) is 0 Å². The predicted molar refractivity (Wildman–Crippen MR) is 83.3 cm³/mol. The fourth-order valence-corrected chi connectivity index (χ4v) is 2.46. The van der Waals surface area contributed by atoms with Crippen LogP contribution < -0.4 is 5.73 Å². The lowest BCUT2D eigenvalue weighted by atomic mass is 10.1. The van der Waals surface area contributed by atoms with Gasteiger partial charge in [-0.2, -0.15) is 11.8 Å². The second-order valence-corrected chi connectivity index (χ2v) is 5.58. The van der Waals surface area contributed by atoms with Gasteiger partial charge in [0.15, 0.2) is 5.84 Å². The summed E-state index contributed by atoms with van der Waals surface area (Å²) in [5.74, 6) is 1.07. The van der Waals surface area contributed by atoms with E-state index in [1.807, 2.05) is 32.4 Å². The molecule has 0 heterocycles. The van der Waals surface area contributed by atoms with Crippen molar-refractivity contribution in [1.82, 2.24) is 4.90 Å². The summed E-state index contributed by atoms with van der Waals surface area (Å²) in [6.07, 6.45) is 2.38. The van der Waals surface area contributed by atoms with Gasteiger partial charge in [0.2, 0.25) is 5.91 Å². The standard InChI is InChI=1S/C14H21N3O2S/c1-10(9-20-3)17(2)13(18)8-11-4-6-12(7-5-11)14(15)16-19/h4-7,10,19H,8-9H2,1-3H3,(H2,15,16). The molecular weight excluding hydrogens is 274 g/mol. The minimum atomic E-state index is 0.0635. The Morgan fingerprint density at radius 1 is 1.45 bits per heavy atom. The molecule has 0 spiro atoms. The van der Waals surface area contributed by atoms with Crippen LogP contribution in [0.15, 0.2) is 29.4 Å². The second kappa shape index (κ2) is 7.79. The Morgan fingerprint density at radius 2 is 2.05 bits per heavy atom. The molecule has 20 heavy (non-hydrogen) atoms. The van der Waals surface area contributed by atoms with Crippen molar-refractivity contribution in [3.8, 4) is 0 Å². The Hall–Kier alpha value is -1.69. The number of hydrogen-bond acceptors (Lipinski definition) is 4. The van der Waals surface area contributed by atoms with Crippen LogP contribution in [-0.2, 0) is 11.2 Å². The highest BCUT2D eigenvalue weighted by Crippen LogP contribution is 2.09. The highest BCUT2D eigenvalue weighted by Gasteiger charge is 2.15. The quantitative estimate of drug-likeness (QED) is 0.361. The molecule has 0 aromatic heterocycles. The van der Waals surface area contributed by atoms with E-state index in [2.05, 4.69) is 5.16 Å². The first-order chi connectivity index (χ1) is 9.49. The summed E-state index contributed by atoms with van der Waals surface area (Å²) in [7, 11) is 1.83. The summed E-state index contributed by atoms with van der Waals surface area (Å²) in [4.78, 5) is 13.9.